The average molecular weight is 354 g/mol. The molecule has 2 aliphatic carbocycles. The molecule has 0 bridgehead atoms. The molecule has 1 heterocycles. The van der Waals surface area contributed by atoms with E-state index in [-0.39, 0.29) is 17.7 Å². The third-order valence-corrected chi connectivity index (χ3v) is 6.52. The molecule has 0 aliphatic heterocycles. The monoisotopic (exact) mass is 354 g/mol. The van der Waals surface area contributed by atoms with E-state index in [1.807, 2.05) is 18.2 Å². The minimum absolute atomic E-state index is 0.00278. The van der Waals surface area contributed by atoms with Crippen molar-refractivity contribution in [2.75, 3.05) is 5.32 Å². The van der Waals surface area contributed by atoms with Gasteiger partial charge in [0.1, 0.15) is 5.00 Å². The number of anilines is 1. The number of nitrogens with one attached hydrogen (secondary N) is 1. The van der Waals surface area contributed by atoms with Crippen LogP contribution >= 0.6 is 11.3 Å². The number of carbonyl (C=O) groups is 2. The Balaban J connectivity index is 1.53. The summed E-state index contributed by atoms with van der Waals surface area (Å²) in [5.41, 5.74) is 8.42. The van der Waals surface area contributed by atoms with Gasteiger partial charge in [-0.05, 0) is 48.6 Å². The summed E-state index contributed by atoms with van der Waals surface area (Å²) in [6.07, 6.45) is 3.77. The summed E-state index contributed by atoms with van der Waals surface area (Å²) in [7, 11) is 0. The maximum absolute atomic E-state index is 12.7. The minimum Gasteiger partial charge on any atom is -0.365 e. The maximum Gasteiger partial charge on any atom is 0.251 e. The van der Waals surface area contributed by atoms with Crippen molar-refractivity contribution in [1.82, 2.24) is 0 Å². The fourth-order valence-electron chi connectivity index (χ4n) is 3.86. The second kappa shape index (κ2) is 6.30. The molecule has 1 aromatic carbocycles. The van der Waals surface area contributed by atoms with Gasteiger partial charge in [-0.1, -0.05) is 37.3 Å². The third kappa shape index (κ3) is 3.09. The molecule has 2 aliphatic rings. The van der Waals surface area contributed by atoms with Crippen molar-refractivity contribution in [1.29, 1.82) is 0 Å². The van der Waals surface area contributed by atoms with Gasteiger partial charge in [0, 0.05) is 10.8 Å². The van der Waals surface area contributed by atoms with E-state index < -0.39 is 5.91 Å². The van der Waals surface area contributed by atoms with Gasteiger partial charge in [-0.15, -0.1) is 11.3 Å². The Bertz CT molecular complexity index is 828. The molecule has 4 nitrogen and oxygen atoms in total. The summed E-state index contributed by atoms with van der Waals surface area (Å²) in [5, 5.41) is 3.65. The van der Waals surface area contributed by atoms with E-state index in [2.05, 4.69) is 24.4 Å². The fraction of sp³-hybridized carbons (Fsp3) is 0.400. The lowest BCUT2D eigenvalue weighted by Gasteiger charge is -2.18. The summed E-state index contributed by atoms with van der Waals surface area (Å²) in [6.45, 7) is 2.22. The predicted molar refractivity (Wildman–Crippen MR) is 99.9 cm³/mol. The van der Waals surface area contributed by atoms with Crippen LogP contribution in [-0.2, 0) is 17.6 Å². The number of carbonyl (C=O) groups excluding carboxylic acids is 2. The van der Waals surface area contributed by atoms with Gasteiger partial charge in [0.05, 0.1) is 5.56 Å². The molecule has 3 atom stereocenters. The standard InChI is InChI=1S/C20H22N2O2S/c1-11-7-8-13-16(9-11)25-20(17(13)18(21)23)22-19(24)15-10-14(15)12-5-3-2-4-6-12/h2-6,11,14-15H,7-10H2,1H3,(H2,21,23)(H,22,24)/t11-,14-,15-/m1/s1. The number of hydrogen-bond acceptors (Lipinski definition) is 3. The molecule has 2 amide bonds. The van der Waals surface area contributed by atoms with Gasteiger partial charge in [-0.2, -0.15) is 0 Å². The van der Waals surface area contributed by atoms with Crippen LogP contribution in [0.1, 0.15) is 52.0 Å². The normalized spacial score (nSPS) is 24.4. The van der Waals surface area contributed by atoms with Crippen LogP contribution < -0.4 is 11.1 Å². The summed E-state index contributed by atoms with van der Waals surface area (Å²) >= 11 is 1.53. The van der Waals surface area contributed by atoms with Gasteiger partial charge >= 0.3 is 0 Å². The van der Waals surface area contributed by atoms with E-state index in [1.54, 1.807) is 0 Å². The van der Waals surface area contributed by atoms with Crippen molar-refractivity contribution in [2.45, 2.75) is 38.5 Å². The molecule has 1 aromatic heterocycles. The molecular weight excluding hydrogens is 332 g/mol. The zero-order valence-electron chi connectivity index (χ0n) is 14.2. The molecule has 5 heteroatoms. The van der Waals surface area contributed by atoms with E-state index in [9.17, 15) is 9.59 Å². The Labute approximate surface area is 151 Å². The lowest BCUT2D eigenvalue weighted by Crippen LogP contribution is -2.20. The first kappa shape index (κ1) is 16.3. The predicted octanol–water partition coefficient (Wildman–Crippen LogP) is 3.71. The summed E-state index contributed by atoms with van der Waals surface area (Å²) in [6, 6.07) is 10.1. The van der Waals surface area contributed by atoms with Crippen LogP contribution in [-0.4, -0.2) is 11.8 Å². The van der Waals surface area contributed by atoms with Crippen molar-refractivity contribution in [3.8, 4) is 0 Å². The highest BCUT2D eigenvalue weighted by molar-refractivity contribution is 7.17. The topological polar surface area (TPSA) is 72.2 Å². The number of nitrogens with two attached hydrogens (primary N) is 1. The second-order valence-corrected chi connectivity index (χ2v) is 8.37. The van der Waals surface area contributed by atoms with Crippen molar-refractivity contribution in [3.63, 3.8) is 0 Å². The Kier molecular flexibility index (Phi) is 4.12. The Hall–Kier alpha value is -2.14. The number of thiophene rings is 1. The SMILES string of the molecule is C[C@@H]1CCc2c(sc(NC(=O)[C@@H]3C[C@@H]3c3ccccc3)c2C(N)=O)C1. The molecule has 0 unspecified atom stereocenters. The van der Waals surface area contributed by atoms with Crippen LogP contribution in [0.4, 0.5) is 5.00 Å². The van der Waals surface area contributed by atoms with Gasteiger partial charge in [0.15, 0.2) is 0 Å². The molecule has 25 heavy (non-hydrogen) atoms. The zero-order chi connectivity index (χ0) is 17.6. The largest absolute Gasteiger partial charge is 0.365 e. The third-order valence-electron chi connectivity index (χ3n) is 5.35. The van der Waals surface area contributed by atoms with E-state index >= 15 is 0 Å². The average Bonchev–Trinajstić information content (AvgIpc) is 3.31. The number of amides is 2. The van der Waals surface area contributed by atoms with Crippen LogP contribution in [0.5, 0.6) is 0 Å². The molecule has 3 N–H and O–H groups in total. The molecule has 1 fully saturated rings. The molecule has 0 saturated heterocycles. The van der Waals surface area contributed by atoms with Crippen LogP contribution in [0.3, 0.4) is 0 Å². The highest BCUT2D eigenvalue weighted by Crippen LogP contribution is 2.48. The molecule has 2 aromatic rings. The van der Waals surface area contributed by atoms with E-state index in [0.717, 1.165) is 31.2 Å². The van der Waals surface area contributed by atoms with Gasteiger partial charge in [-0.25, -0.2) is 0 Å². The highest BCUT2D eigenvalue weighted by Gasteiger charge is 2.44. The first-order valence-electron chi connectivity index (χ1n) is 8.84. The van der Waals surface area contributed by atoms with E-state index in [1.165, 1.54) is 21.8 Å². The molecule has 0 spiro atoms. The van der Waals surface area contributed by atoms with Gasteiger partial charge < -0.3 is 11.1 Å². The number of fused-ring (bicyclic) bond motifs is 1. The molecule has 1 saturated carbocycles. The van der Waals surface area contributed by atoms with Crippen molar-refractivity contribution in [3.05, 3.63) is 51.9 Å². The number of hydrogen-bond donors (Lipinski definition) is 2. The molecule has 0 radical (unpaired) electrons. The summed E-state index contributed by atoms with van der Waals surface area (Å²) < 4.78 is 0. The lowest BCUT2D eigenvalue weighted by atomic mass is 9.88. The zero-order valence-corrected chi connectivity index (χ0v) is 15.1. The first-order valence-corrected chi connectivity index (χ1v) is 9.66. The summed E-state index contributed by atoms with van der Waals surface area (Å²) in [4.78, 5) is 25.8. The van der Waals surface area contributed by atoms with Crippen molar-refractivity contribution in [2.24, 2.45) is 17.6 Å². The molecular formula is C20H22N2O2S. The second-order valence-electron chi connectivity index (χ2n) is 7.27. The smallest absolute Gasteiger partial charge is 0.251 e. The maximum atomic E-state index is 12.7. The van der Waals surface area contributed by atoms with Gasteiger partial charge in [0.2, 0.25) is 5.91 Å². The van der Waals surface area contributed by atoms with E-state index in [4.69, 9.17) is 5.73 Å². The number of benzene rings is 1. The highest BCUT2D eigenvalue weighted by atomic mass is 32.1. The fourth-order valence-corrected chi connectivity index (χ4v) is 5.28. The Morgan fingerprint density at radius 1 is 1.24 bits per heavy atom. The molecule has 130 valence electrons. The summed E-state index contributed by atoms with van der Waals surface area (Å²) in [5.74, 6) is 0.455. The number of rotatable bonds is 4. The minimum atomic E-state index is -0.433. The Morgan fingerprint density at radius 3 is 2.72 bits per heavy atom. The molecule has 4 rings (SSSR count). The van der Waals surface area contributed by atoms with Crippen molar-refractivity contribution < 1.29 is 9.59 Å². The number of primary amides is 1. The van der Waals surface area contributed by atoms with E-state index in [0.29, 0.717) is 16.5 Å². The van der Waals surface area contributed by atoms with Crippen LogP contribution in [0, 0.1) is 11.8 Å². The van der Waals surface area contributed by atoms with Crippen LogP contribution in [0.2, 0.25) is 0 Å². The van der Waals surface area contributed by atoms with Gasteiger partial charge in [0.25, 0.3) is 5.91 Å². The Morgan fingerprint density at radius 2 is 2.00 bits per heavy atom. The van der Waals surface area contributed by atoms with Crippen LogP contribution in [0.15, 0.2) is 30.3 Å². The quantitative estimate of drug-likeness (QED) is 0.878. The van der Waals surface area contributed by atoms with Crippen molar-refractivity contribution >= 4 is 28.2 Å². The van der Waals surface area contributed by atoms with Gasteiger partial charge in [-0.3, -0.25) is 9.59 Å². The first-order chi connectivity index (χ1) is 12.0. The lowest BCUT2D eigenvalue weighted by molar-refractivity contribution is -0.117. The van der Waals surface area contributed by atoms with Crippen LogP contribution in [0.25, 0.3) is 0 Å².